The lowest BCUT2D eigenvalue weighted by Gasteiger charge is -2.37. The highest BCUT2D eigenvalue weighted by molar-refractivity contribution is 6.31. The first-order valence-electron chi connectivity index (χ1n) is 10.8. The molecule has 0 aliphatic carbocycles. The average Bonchev–Trinajstić information content (AvgIpc) is 2.82. The van der Waals surface area contributed by atoms with Gasteiger partial charge in [-0.05, 0) is 32.0 Å². The van der Waals surface area contributed by atoms with E-state index in [1.54, 1.807) is 19.1 Å². The van der Waals surface area contributed by atoms with Crippen LogP contribution in [0.3, 0.4) is 0 Å². The van der Waals surface area contributed by atoms with E-state index in [4.69, 9.17) is 16.3 Å². The molecule has 0 bridgehead atoms. The Balaban J connectivity index is 1.60. The lowest BCUT2D eigenvalue weighted by atomic mass is 10.1. The summed E-state index contributed by atoms with van der Waals surface area (Å²) in [5, 5.41) is 11.3. The van der Waals surface area contributed by atoms with Gasteiger partial charge in [0.25, 0.3) is 5.91 Å². The van der Waals surface area contributed by atoms with Crippen LogP contribution in [0.5, 0.6) is 5.75 Å². The van der Waals surface area contributed by atoms with E-state index in [2.05, 4.69) is 20.0 Å². The maximum atomic E-state index is 13.0. The second kappa shape index (κ2) is 9.20. The standard InChI is InChI=1S/C24H28ClN5O2/c1-16(2)28(3)24(31)22-18-7-5-6-8-19(18)23(27-26-22)30-13-11-29(12-14-30)20-15-17(25)9-10-21(20)32-4/h5-10,15-16H,11-14H2,1-4H3. The quantitative estimate of drug-likeness (QED) is 0.579. The topological polar surface area (TPSA) is 61.8 Å². The molecule has 3 aromatic rings. The van der Waals surface area contributed by atoms with Crippen molar-refractivity contribution in [2.24, 2.45) is 0 Å². The van der Waals surface area contributed by atoms with Gasteiger partial charge in [0.15, 0.2) is 11.5 Å². The second-order valence-electron chi connectivity index (χ2n) is 8.22. The molecule has 0 unspecified atom stereocenters. The van der Waals surface area contributed by atoms with E-state index in [9.17, 15) is 4.79 Å². The molecule has 0 spiro atoms. The number of hydrogen-bond acceptors (Lipinski definition) is 6. The lowest BCUT2D eigenvalue weighted by molar-refractivity contribution is 0.0750. The molecule has 7 nitrogen and oxygen atoms in total. The predicted molar refractivity (Wildman–Crippen MR) is 129 cm³/mol. The van der Waals surface area contributed by atoms with Gasteiger partial charge in [0.2, 0.25) is 0 Å². The van der Waals surface area contributed by atoms with Crippen LogP contribution in [0, 0.1) is 0 Å². The summed E-state index contributed by atoms with van der Waals surface area (Å²) in [7, 11) is 3.46. The van der Waals surface area contributed by atoms with E-state index < -0.39 is 0 Å². The molecule has 1 fully saturated rings. The number of nitrogens with zero attached hydrogens (tertiary/aromatic N) is 5. The molecule has 8 heteroatoms. The van der Waals surface area contributed by atoms with Crippen molar-refractivity contribution in [3.63, 3.8) is 0 Å². The summed E-state index contributed by atoms with van der Waals surface area (Å²) in [6, 6.07) is 13.6. The highest BCUT2D eigenvalue weighted by Gasteiger charge is 2.25. The third-order valence-corrected chi connectivity index (χ3v) is 6.26. The minimum atomic E-state index is -0.117. The van der Waals surface area contributed by atoms with E-state index in [1.807, 2.05) is 56.3 Å². The third-order valence-electron chi connectivity index (χ3n) is 6.03. The van der Waals surface area contributed by atoms with Gasteiger partial charge in [0, 0.05) is 55.1 Å². The van der Waals surface area contributed by atoms with Crippen LogP contribution in [-0.2, 0) is 0 Å². The summed E-state index contributed by atoms with van der Waals surface area (Å²) in [5.74, 6) is 1.50. The summed E-state index contributed by atoms with van der Waals surface area (Å²) >= 11 is 6.22. The van der Waals surface area contributed by atoms with Crippen molar-refractivity contribution in [3.8, 4) is 5.75 Å². The Hall–Kier alpha value is -3.06. The van der Waals surface area contributed by atoms with E-state index in [1.165, 1.54) is 0 Å². The van der Waals surface area contributed by atoms with Gasteiger partial charge < -0.3 is 19.4 Å². The van der Waals surface area contributed by atoms with Gasteiger partial charge in [-0.25, -0.2) is 0 Å². The summed E-state index contributed by atoms with van der Waals surface area (Å²) in [5.41, 5.74) is 1.39. The van der Waals surface area contributed by atoms with Crippen LogP contribution in [-0.4, -0.2) is 67.4 Å². The zero-order valence-electron chi connectivity index (χ0n) is 18.9. The van der Waals surface area contributed by atoms with Crippen molar-refractivity contribution >= 4 is 39.8 Å². The number of hydrogen-bond donors (Lipinski definition) is 0. The Morgan fingerprint density at radius 1 is 1.03 bits per heavy atom. The Kier molecular flexibility index (Phi) is 6.37. The van der Waals surface area contributed by atoms with Crippen LogP contribution >= 0.6 is 11.6 Å². The summed E-state index contributed by atoms with van der Waals surface area (Å²) in [4.78, 5) is 19.1. The van der Waals surface area contributed by atoms with Crippen LogP contribution in [0.2, 0.25) is 5.02 Å². The molecule has 2 heterocycles. The monoisotopic (exact) mass is 453 g/mol. The fraction of sp³-hybridized carbons (Fsp3) is 0.375. The smallest absolute Gasteiger partial charge is 0.274 e. The average molecular weight is 454 g/mol. The second-order valence-corrected chi connectivity index (χ2v) is 8.65. The van der Waals surface area contributed by atoms with E-state index in [0.29, 0.717) is 10.7 Å². The Bertz CT molecular complexity index is 1130. The number of methoxy groups -OCH3 is 1. The number of carbonyl (C=O) groups excluding carboxylic acids is 1. The molecule has 0 saturated carbocycles. The van der Waals surface area contributed by atoms with Crippen LogP contribution in [0.4, 0.5) is 11.5 Å². The number of anilines is 2. The summed E-state index contributed by atoms with van der Waals surface area (Å²) < 4.78 is 5.52. The van der Waals surface area contributed by atoms with Crippen LogP contribution < -0.4 is 14.5 Å². The molecular weight excluding hydrogens is 426 g/mol. The molecule has 1 aromatic heterocycles. The van der Waals surface area contributed by atoms with E-state index in [0.717, 1.165) is 54.2 Å². The molecule has 2 aromatic carbocycles. The van der Waals surface area contributed by atoms with Gasteiger partial charge in [0.1, 0.15) is 5.75 Å². The number of amides is 1. The molecule has 1 amide bonds. The first-order valence-corrected chi connectivity index (χ1v) is 11.1. The molecule has 32 heavy (non-hydrogen) atoms. The van der Waals surface area contributed by atoms with Crippen molar-refractivity contribution in [2.75, 3.05) is 50.1 Å². The van der Waals surface area contributed by atoms with Crippen molar-refractivity contribution in [1.29, 1.82) is 0 Å². The third kappa shape index (κ3) is 4.17. The zero-order valence-corrected chi connectivity index (χ0v) is 19.6. The SMILES string of the molecule is COc1ccc(Cl)cc1N1CCN(c2nnc(C(=O)N(C)C(C)C)c3ccccc23)CC1. The van der Waals surface area contributed by atoms with E-state index >= 15 is 0 Å². The molecular formula is C24H28ClN5O2. The van der Waals surface area contributed by atoms with Gasteiger partial charge in [-0.1, -0.05) is 35.9 Å². The lowest BCUT2D eigenvalue weighted by Crippen LogP contribution is -2.47. The Labute approximate surface area is 193 Å². The molecule has 168 valence electrons. The Morgan fingerprint density at radius 3 is 2.34 bits per heavy atom. The largest absolute Gasteiger partial charge is 0.495 e. The van der Waals surface area contributed by atoms with Crippen molar-refractivity contribution in [3.05, 3.63) is 53.2 Å². The fourth-order valence-electron chi connectivity index (χ4n) is 3.95. The van der Waals surface area contributed by atoms with Crippen molar-refractivity contribution in [1.82, 2.24) is 15.1 Å². The van der Waals surface area contributed by atoms with E-state index in [-0.39, 0.29) is 11.9 Å². The maximum Gasteiger partial charge on any atom is 0.274 e. The molecule has 4 rings (SSSR count). The number of aromatic nitrogens is 2. The molecule has 0 N–H and O–H groups in total. The minimum absolute atomic E-state index is 0.0827. The highest BCUT2D eigenvalue weighted by Crippen LogP contribution is 2.33. The van der Waals surface area contributed by atoms with Crippen LogP contribution in [0.15, 0.2) is 42.5 Å². The highest BCUT2D eigenvalue weighted by atomic mass is 35.5. The molecule has 1 aliphatic heterocycles. The first-order chi connectivity index (χ1) is 15.4. The van der Waals surface area contributed by atoms with Gasteiger partial charge in [-0.3, -0.25) is 4.79 Å². The molecule has 1 aliphatic rings. The predicted octanol–water partition coefficient (Wildman–Crippen LogP) is 4.10. The van der Waals surface area contributed by atoms with Crippen molar-refractivity contribution < 1.29 is 9.53 Å². The summed E-state index contributed by atoms with van der Waals surface area (Å²) in [6.45, 7) is 7.10. The zero-order chi connectivity index (χ0) is 22.8. The first kappa shape index (κ1) is 22.1. The number of piperazine rings is 1. The van der Waals surface area contributed by atoms with Gasteiger partial charge in [-0.2, -0.15) is 0 Å². The van der Waals surface area contributed by atoms with Crippen molar-refractivity contribution in [2.45, 2.75) is 19.9 Å². The number of carbonyl (C=O) groups is 1. The minimum Gasteiger partial charge on any atom is -0.495 e. The molecule has 0 radical (unpaired) electrons. The number of rotatable bonds is 5. The van der Waals surface area contributed by atoms with Gasteiger partial charge >= 0.3 is 0 Å². The number of fused-ring (bicyclic) bond motifs is 1. The summed E-state index contributed by atoms with van der Waals surface area (Å²) in [6.07, 6.45) is 0. The van der Waals surface area contributed by atoms with Crippen LogP contribution in [0.25, 0.3) is 10.8 Å². The fourth-order valence-corrected chi connectivity index (χ4v) is 4.12. The number of benzene rings is 2. The molecule has 1 saturated heterocycles. The van der Waals surface area contributed by atoms with Gasteiger partial charge in [0.05, 0.1) is 12.8 Å². The maximum absolute atomic E-state index is 13.0. The number of halogens is 1. The molecule has 0 atom stereocenters. The number of ether oxygens (including phenoxy) is 1. The normalized spacial score (nSPS) is 14.2. The van der Waals surface area contributed by atoms with Crippen LogP contribution in [0.1, 0.15) is 24.3 Å². The van der Waals surface area contributed by atoms with Gasteiger partial charge in [-0.15, -0.1) is 10.2 Å². The Morgan fingerprint density at radius 2 is 1.69 bits per heavy atom.